The van der Waals surface area contributed by atoms with Gasteiger partial charge in [-0.05, 0) is 31.0 Å². The Morgan fingerprint density at radius 1 is 1.20 bits per heavy atom. The van der Waals surface area contributed by atoms with Crippen molar-refractivity contribution in [2.24, 2.45) is 5.92 Å². The van der Waals surface area contributed by atoms with E-state index in [-0.39, 0.29) is 29.4 Å². The van der Waals surface area contributed by atoms with Crippen LogP contribution < -0.4 is 15.3 Å². The van der Waals surface area contributed by atoms with Gasteiger partial charge in [-0.3, -0.25) is 4.79 Å². The molecule has 2 N–H and O–H groups in total. The van der Waals surface area contributed by atoms with Crippen molar-refractivity contribution in [3.05, 3.63) is 47.4 Å². The molecule has 1 aromatic heterocycles. The molecule has 0 aliphatic carbocycles. The number of quaternary nitrogens is 1. The zero-order valence-electron chi connectivity index (χ0n) is 19.2. The highest BCUT2D eigenvalue weighted by molar-refractivity contribution is 8.00. The van der Waals surface area contributed by atoms with E-state index in [1.165, 1.54) is 17.0 Å². The third kappa shape index (κ3) is 6.32. The van der Waals surface area contributed by atoms with E-state index in [1.54, 1.807) is 6.92 Å². The Morgan fingerprint density at radius 2 is 1.94 bits per heavy atom. The number of carbonyl (C=O) groups is 2. The number of carbonyl (C=O) groups excluding carboxylic acids is 2. The Balaban J connectivity index is 1.41. The van der Waals surface area contributed by atoms with E-state index in [1.807, 2.05) is 6.07 Å². The predicted octanol–water partition coefficient (Wildman–Crippen LogP) is 0.831. The van der Waals surface area contributed by atoms with Gasteiger partial charge in [-0.1, -0.05) is 12.1 Å². The number of aliphatic carboxylic acids is 1. The van der Waals surface area contributed by atoms with Crippen molar-refractivity contribution in [3.8, 4) is 11.3 Å². The molecule has 0 radical (unpaired) electrons. The number of aryl methyl sites for hydroxylation is 1. The topological polar surface area (TPSA) is 99.5 Å². The van der Waals surface area contributed by atoms with Crippen LogP contribution in [0.15, 0.2) is 30.3 Å². The van der Waals surface area contributed by atoms with Crippen molar-refractivity contribution in [2.45, 2.75) is 37.9 Å². The van der Waals surface area contributed by atoms with E-state index in [0.717, 1.165) is 55.5 Å². The van der Waals surface area contributed by atoms with Crippen molar-refractivity contribution in [3.63, 3.8) is 0 Å². The number of carboxylic acids is 1. The minimum atomic E-state index is -4.38. The lowest BCUT2D eigenvalue weighted by atomic mass is 9.74. The molecule has 4 heterocycles. The van der Waals surface area contributed by atoms with Gasteiger partial charge in [0.05, 0.1) is 54.2 Å². The van der Waals surface area contributed by atoms with E-state index < -0.39 is 17.7 Å². The summed E-state index contributed by atoms with van der Waals surface area (Å²) in [5.41, 5.74) is 1.46. The van der Waals surface area contributed by atoms with E-state index in [4.69, 9.17) is 0 Å². The molecule has 2 aromatic rings. The molecule has 3 fully saturated rings. The van der Waals surface area contributed by atoms with Crippen LogP contribution in [-0.2, 0) is 15.8 Å². The molecule has 2 bridgehead atoms. The lowest BCUT2D eigenvalue weighted by Crippen LogP contribution is -3.20. The lowest BCUT2D eigenvalue weighted by Gasteiger charge is -2.46. The second-order valence-corrected chi connectivity index (χ2v) is 10.2. The number of nitrogens with one attached hydrogen (secondary N) is 2. The molecule has 11 heteroatoms. The number of thioether (sulfide) groups is 1. The summed E-state index contributed by atoms with van der Waals surface area (Å²) in [5.74, 6) is -0.268. The summed E-state index contributed by atoms with van der Waals surface area (Å²) >= 11 is 1.02. The zero-order chi connectivity index (χ0) is 25.2. The lowest BCUT2D eigenvalue weighted by molar-refractivity contribution is -0.942. The van der Waals surface area contributed by atoms with E-state index in [2.05, 4.69) is 15.3 Å². The average molecular weight is 509 g/mol. The zero-order valence-corrected chi connectivity index (χ0v) is 20.0. The van der Waals surface area contributed by atoms with Gasteiger partial charge in [-0.2, -0.15) is 13.2 Å². The number of carboxylic acid groups (broad SMARTS) is 1. The molecule has 5 rings (SSSR count). The maximum Gasteiger partial charge on any atom is 0.416 e. The number of rotatable bonds is 8. The Labute approximate surface area is 205 Å². The average Bonchev–Trinajstić information content (AvgIpc) is 2.82. The Kier molecular flexibility index (Phi) is 7.65. The molecule has 1 aromatic carbocycles. The Bertz CT molecular complexity index is 1080. The van der Waals surface area contributed by atoms with Crippen molar-refractivity contribution in [1.29, 1.82) is 0 Å². The molecule has 0 spiro atoms. The molecule has 1 amide bonds. The molecule has 3 aliphatic rings. The van der Waals surface area contributed by atoms with Crippen LogP contribution in [0.3, 0.4) is 0 Å². The van der Waals surface area contributed by atoms with Crippen LogP contribution in [0.2, 0.25) is 0 Å². The number of aromatic nitrogens is 2. The van der Waals surface area contributed by atoms with Gasteiger partial charge in [0.1, 0.15) is 11.9 Å². The summed E-state index contributed by atoms with van der Waals surface area (Å²) in [4.78, 5) is 33.0. The first kappa shape index (κ1) is 25.4. The molecule has 7 nitrogen and oxygen atoms in total. The normalized spacial score (nSPS) is 23.8. The first-order valence-electron chi connectivity index (χ1n) is 11.5. The summed E-state index contributed by atoms with van der Waals surface area (Å²) in [5, 5.41) is 13.4. The number of hydrogen-bond acceptors (Lipinski definition) is 6. The predicted molar refractivity (Wildman–Crippen MR) is 122 cm³/mol. The Hall–Kier alpha value is -2.66. The van der Waals surface area contributed by atoms with Gasteiger partial charge >= 0.3 is 6.18 Å². The number of nitrogens with zero attached hydrogens (tertiary/aromatic N) is 2. The van der Waals surface area contributed by atoms with Gasteiger partial charge in [-0.25, -0.2) is 9.97 Å². The molecule has 4 atom stereocenters. The summed E-state index contributed by atoms with van der Waals surface area (Å²) in [6.07, 6.45) is -2.40. The molecule has 188 valence electrons. The van der Waals surface area contributed by atoms with E-state index >= 15 is 0 Å². The highest BCUT2D eigenvalue weighted by atomic mass is 32.2. The van der Waals surface area contributed by atoms with Crippen LogP contribution in [0.5, 0.6) is 0 Å². The fourth-order valence-electron chi connectivity index (χ4n) is 5.16. The molecular weight excluding hydrogens is 481 g/mol. The molecule has 3 aliphatic heterocycles. The van der Waals surface area contributed by atoms with Crippen LogP contribution in [0.25, 0.3) is 11.3 Å². The van der Waals surface area contributed by atoms with E-state index in [9.17, 15) is 27.9 Å². The molecule has 1 unspecified atom stereocenters. The van der Waals surface area contributed by atoms with E-state index in [0.29, 0.717) is 29.5 Å². The monoisotopic (exact) mass is 508 g/mol. The largest absolute Gasteiger partial charge is 0.549 e. The van der Waals surface area contributed by atoms with Gasteiger partial charge in [0.25, 0.3) is 0 Å². The van der Waals surface area contributed by atoms with Gasteiger partial charge in [-0.15, -0.1) is 11.8 Å². The summed E-state index contributed by atoms with van der Waals surface area (Å²) in [6, 6.07) is 7.21. The second-order valence-electron chi connectivity index (χ2n) is 9.17. The third-order valence-corrected chi connectivity index (χ3v) is 7.70. The van der Waals surface area contributed by atoms with Crippen LogP contribution in [0.1, 0.15) is 35.8 Å². The first-order valence-corrected chi connectivity index (χ1v) is 12.7. The van der Waals surface area contributed by atoms with Crippen LogP contribution in [0, 0.1) is 12.8 Å². The number of alkyl halides is 3. The number of amides is 1. The minimum Gasteiger partial charge on any atom is -0.549 e. The van der Waals surface area contributed by atoms with Gasteiger partial charge in [0, 0.05) is 24.2 Å². The maximum atomic E-state index is 12.9. The second kappa shape index (κ2) is 10.5. The van der Waals surface area contributed by atoms with Crippen LogP contribution in [-0.4, -0.2) is 59.0 Å². The number of benzene rings is 1. The molecular formula is C24H27F3N4O3S. The highest BCUT2D eigenvalue weighted by Gasteiger charge is 2.44. The smallest absolute Gasteiger partial charge is 0.416 e. The first-order chi connectivity index (χ1) is 16.6. The number of fused-ring (bicyclic) bond motifs is 3. The summed E-state index contributed by atoms with van der Waals surface area (Å²) in [7, 11) is 0. The molecule has 0 saturated carbocycles. The quantitative estimate of drug-likeness (QED) is 0.548. The van der Waals surface area contributed by atoms with Gasteiger partial charge in [0.15, 0.2) is 0 Å². The SMILES string of the molecule is Cc1nc(-c2ccc(C(F)(F)F)cc2)cc([C@H]2C[NH+]3CC[C@H]2C[C@@H]3CNC(=O)CSCC(=O)[O-])n1. The molecule has 3 saturated heterocycles. The standard InChI is InChI=1S/C24H27F3N4O3S/c1-14-29-20(15-2-4-17(5-3-15)24(25,26)27)9-21(30-14)19-11-31-7-6-16(19)8-18(31)10-28-22(32)12-35-13-23(33)34/h2-5,9,16,18-19H,6-8,10-13H2,1H3,(H,28,32)(H,33,34)/t16-,18+,19-/m0/s1. The fraction of sp³-hybridized carbons (Fsp3) is 0.500. The minimum absolute atomic E-state index is 0.0923. The van der Waals surface area contributed by atoms with Gasteiger partial charge < -0.3 is 20.1 Å². The third-order valence-electron chi connectivity index (χ3n) is 6.80. The maximum absolute atomic E-state index is 12.9. The molecule has 35 heavy (non-hydrogen) atoms. The highest BCUT2D eigenvalue weighted by Crippen LogP contribution is 2.35. The van der Waals surface area contributed by atoms with Crippen molar-refractivity contribution in [1.82, 2.24) is 15.3 Å². The number of hydrogen-bond donors (Lipinski definition) is 2. The summed E-state index contributed by atoms with van der Waals surface area (Å²) < 4.78 is 38.8. The fourth-order valence-corrected chi connectivity index (χ4v) is 5.71. The van der Waals surface area contributed by atoms with Crippen molar-refractivity contribution in [2.75, 3.05) is 31.1 Å². The van der Waals surface area contributed by atoms with Crippen molar-refractivity contribution < 1.29 is 32.8 Å². The Morgan fingerprint density at radius 3 is 2.57 bits per heavy atom. The van der Waals surface area contributed by atoms with Crippen LogP contribution >= 0.6 is 11.8 Å². The van der Waals surface area contributed by atoms with Crippen molar-refractivity contribution >= 4 is 23.6 Å². The number of halogens is 3. The number of piperidine rings is 3. The summed E-state index contributed by atoms with van der Waals surface area (Å²) in [6.45, 7) is 4.22. The van der Waals surface area contributed by atoms with Crippen LogP contribution in [0.4, 0.5) is 13.2 Å². The van der Waals surface area contributed by atoms with Gasteiger partial charge in [0.2, 0.25) is 5.91 Å².